The van der Waals surface area contributed by atoms with E-state index in [1.807, 2.05) is 26.0 Å². The minimum absolute atomic E-state index is 0.164. The van der Waals surface area contributed by atoms with Crippen LogP contribution in [0.5, 0.6) is 0 Å². The molecule has 0 aliphatic carbocycles. The summed E-state index contributed by atoms with van der Waals surface area (Å²) in [6, 6.07) is 7.19. The highest BCUT2D eigenvalue weighted by Gasteiger charge is 2.35. The molecule has 0 unspecified atom stereocenters. The number of pyridine rings is 1. The Bertz CT molecular complexity index is 687. The van der Waals surface area contributed by atoms with E-state index in [-0.39, 0.29) is 5.56 Å². The van der Waals surface area contributed by atoms with Crippen LogP contribution in [-0.4, -0.2) is 32.3 Å². The molecule has 0 radical (unpaired) electrons. The Morgan fingerprint density at radius 2 is 1.71 bits per heavy atom. The van der Waals surface area contributed by atoms with Gasteiger partial charge in [0, 0.05) is 17.0 Å². The number of nitrogens with one attached hydrogen (secondary N) is 1. The first-order chi connectivity index (χ1) is 9.63. The monoisotopic (exact) mass is 288 g/mol. The minimum Gasteiger partial charge on any atom is -0.478 e. The van der Waals surface area contributed by atoms with Crippen molar-refractivity contribution in [1.29, 1.82) is 0 Å². The number of aliphatic hydroxyl groups is 1. The van der Waals surface area contributed by atoms with Gasteiger partial charge < -0.3 is 15.5 Å². The van der Waals surface area contributed by atoms with Gasteiger partial charge in [0.1, 0.15) is 5.82 Å². The van der Waals surface area contributed by atoms with E-state index in [0.29, 0.717) is 11.2 Å². The molecule has 112 valence electrons. The topological polar surface area (TPSA) is 82.5 Å². The number of fused-ring (bicyclic) bond motifs is 1. The molecule has 0 saturated carbocycles. The molecule has 1 aromatic heterocycles. The molecular weight excluding hydrogens is 268 g/mol. The molecule has 21 heavy (non-hydrogen) atoms. The molecule has 2 aromatic rings. The molecule has 0 aliphatic heterocycles. The molecule has 0 fully saturated rings. The largest absolute Gasteiger partial charge is 0.478 e. The van der Waals surface area contributed by atoms with E-state index in [9.17, 15) is 15.0 Å². The lowest BCUT2D eigenvalue weighted by atomic mass is 9.86. The highest BCUT2D eigenvalue weighted by molar-refractivity contribution is 6.06. The number of hydrogen-bond donors (Lipinski definition) is 3. The Hall–Kier alpha value is -2.14. The van der Waals surface area contributed by atoms with Crippen molar-refractivity contribution in [3.05, 3.63) is 36.0 Å². The van der Waals surface area contributed by atoms with Crippen LogP contribution in [0.4, 0.5) is 5.82 Å². The molecule has 0 spiro atoms. The predicted molar refractivity (Wildman–Crippen MR) is 82.7 cm³/mol. The number of nitrogens with zero attached hydrogens (tertiary/aromatic N) is 1. The van der Waals surface area contributed by atoms with Gasteiger partial charge in [-0.1, -0.05) is 24.3 Å². The van der Waals surface area contributed by atoms with Gasteiger partial charge in [0.15, 0.2) is 0 Å². The minimum atomic E-state index is -1.01. The molecule has 0 amide bonds. The van der Waals surface area contributed by atoms with Crippen molar-refractivity contribution in [3.63, 3.8) is 0 Å². The third-order valence-electron chi connectivity index (χ3n) is 3.99. The number of aromatic nitrogens is 1. The number of carboxylic acid groups (broad SMARTS) is 1. The molecule has 1 heterocycles. The number of anilines is 1. The zero-order valence-corrected chi connectivity index (χ0v) is 12.6. The second-order valence-electron chi connectivity index (χ2n) is 6.18. The highest BCUT2D eigenvalue weighted by Crippen LogP contribution is 2.30. The Labute approximate surface area is 123 Å². The first-order valence-electron chi connectivity index (χ1n) is 6.75. The summed E-state index contributed by atoms with van der Waals surface area (Å²) in [5.41, 5.74) is -1.44. The molecule has 2 rings (SSSR count). The average molecular weight is 288 g/mol. The van der Waals surface area contributed by atoms with E-state index in [2.05, 4.69) is 10.3 Å². The van der Waals surface area contributed by atoms with Crippen LogP contribution in [0.1, 0.15) is 38.1 Å². The van der Waals surface area contributed by atoms with E-state index in [0.717, 1.165) is 5.39 Å². The van der Waals surface area contributed by atoms with Crippen molar-refractivity contribution in [2.75, 3.05) is 5.32 Å². The SMILES string of the molecule is CC(C)(O)C(C)(C)Nc1ncc(C(=O)O)c2ccccc12. The molecule has 5 heteroatoms. The van der Waals surface area contributed by atoms with Crippen molar-refractivity contribution >= 4 is 22.6 Å². The Morgan fingerprint density at radius 1 is 1.14 bits per heavy atom. The van der Waals surface area contributed by atoms with Gasteiger partial charge in [-0.25, -0.2) is 9.78 Å². The maximum absolute atomic E-state index is 11.3. The van der Waals surface area contributed by atoms with E-state index >= 15 is 0 Å². The van der Waals surface area contributed by atoms with Crippen molar-refractivity contribution < 1.29 is 15.0 Å². The summed E-state index contributed by atoms with van der Waals surface area (Å²) in [5, 5.41) is 24.0. The van der Waals surface area contributed by atoms with Gasteiger partial charge in [0.05, 0.1) is 16.7 Å². The second kappa shape index (κ2) is 5.00. The lowest BCUT2D eigenvalue weighted by Crippen LogP contribution is -2.51. The second-order valence-corrected chi connectivity index (χ2v) is 6.18. The zero-order valence-electron chi connectivity index (χ0n) is 12.6. The summed E-state index contributed by atoms with van der Waals surface area (Å²) in [5.74, 6) is -0.449. The first-order valence-corrected chi connectivity index (χ1v) is 6.75. The van der Waals surface area contributed by atoms with Gasteiger partial charge in [-0.15, -0.1) is 0 Å². The molecule has 0 saturated heterocycles. The Balaban J connectivity index is 2.57. The molecule has 1 aromatic carbocycles. The highest BCUT2D eigenvalue weighted by atomic mass is 16.4. The number of aromatic carboxylic acids is 1. The number of rotatable bonds is 4. The summed E-state index contributed by atoms with van der Waals surface area (Å²) in [4.78, 5) is 15.5. The lowest BCUT2D eigenvalue weighted by Gasteiger charge is -2.38. The van der Waals surface area contributed by atoms with Crippen LogP contribution in [0.15, 0.2) is 30.5 Å². The van der Waals surface area contributed by atoms with E-state index in [1.165, 1.54) is 6.20 Å². The van der Waals surface area contributed by atoms with Crippen LogP contribution in [0.25, 0.3) is 10.8 Å². The van der Waals surface area contributed by atoms with Gasteiger partial charge in [0.25, 0.3) is 0 Å². The van der Waals surface area contributed by atoms with Gasteiger partial charge in [-0.3, -0.25) is 0 Å². The lowest BCUT2D eigenvalue weighted by molar-refractivity contribution is 0.0239. The van der Waals surface area contributed by atoms with Gasteiger partial charge in [-0.05, 0) is 27.7 Å². The number of benzene rings is 1. The summed E-state index contributed by atoms with van der Waals surface area (Å²) in [6.45, 7) is 7.17. The number of carboxylic acids is 1. The van der Waals surface area contributed by atoms with E-state index in [1.54, 1.807) is 26.0 Å². The maximum atomic E-state index is 11.3. The molecule has 0 bridgehead atoms. The summed E-state index contributed by atoms with van der Waals surface area (Å²) in [6.07, 6.45) is 1.34. The Morgan fingerprint density at radius 3 is 2.24 bits per heavy atom. The number of carbonyl (C=O) groups is 1. The van der Waals surface area contributed by atoms with Crippen LogP contribution in [-0.2, 0) is 0 Å². The maximum Gasteiger partial charge on any atom is 0.337 e. The van der Waals surface area contributed by atoms with Crippen LogP contribution < -0.4 is 5.32 Å². The first kappa shape index (κ1) is 15.3. The summed E-state index contributed by atoms with van der Waals surface area (Å²) in [7, 11) is 0. The fraction of sp³-hybridized carbons (Fsp3) is 0.375. The smallest absolute Gasteiger partial charge is 0.337 e. The molecule has 5 nitrogen and oxygen atoms in total. The van der Waals surface area contributed by atoms with Crippen molar-refractivity contribution in [3.8, 4) is 0 Å². The fourth-order valence-electron chi connectivity index (χ4n) is 1.91. The normalized spacial score (nSPS) is 12.4. The van der Waals surface area contributed by atoms with Gasteiger partial charge in [-0.2, -0.15) is 0 Å². The van der Waals surface area contributed by atoms with Gasteiger partial charge in [0.2, 0.25) is 0 Å². The van der Waals surface area contributed by atoms with E-state index < -0.39 is 17.1 Å². The average Bonchev–Trinajstić information content (AvgIpc) is 2.37. The molecule has 3 N–H and O–H groups in total. The molecule has 0 atom stereocenters. The fourth-order valence-corrected chi connectivity index (χ4v) is 1.91. The number of hydrogen-bond acceptors (Lipinski definition) is 4. The standard InChI is InChI=1S/C16H20N2O3/c1-15(2,16(3,4)21)18-13-11-8-6-5-7-10(11)12(9-17-13)14(19)20/h5-9,21H,1-4H3,(H,17,18)(H,19,20). The molecular formula is C16H20N2O3. The zero-order chi connectivity index (χ0) is 15.8. The van der Waals surface area contributed by atoms with Crippen LogP contribution >= 0.6 is 0 Å². The predicted octanol–water partition coefficient (Wildman–Crippen LogP) is 2.89. The van der Waals surface area contributed by atoms with Crippen molar-refractivity contribution in [1.82, 2.24) is 4.98 Å². The summed E-state index contributed by atoms with van der Waals surface area (Å²) < 4.78 is 0. The van der Waals surface area contributed by atoms with Crippen LogP contribution in [0.2, 0.25) is 0 Å². The molecule has 0 aliphatic rings. The van der Waals surface area contributed by atoms with Crippen LogP contribution in [0.3, 0.4) is 0 Å². The summed E-state index contributed by atoms with van der Waals surface area (Å²) >= 11 is 0. The van der Waals surface area contributed by atoms with Crippen molar-refractivity contribution in [2.45, 2.75) is 38.8 Å². The third-order valence-corrected chi connectivity index (χ3v) is 3.99. The quantitative estimate of drug-likeness (QED) is 0.805. The van der Waals surface area contributed by atoms with Crippen molar-refractivity contribution in [2.24, 2.45) is 0 Å². The van der Waals surface area contributed by atoms with Gasteiger partial charge >= 0.3 is 5.97 Å². The third kappa shape index (κ3) is 2.83. The van der Waals surface area contributed by atoms with E-state index in [4.69, 9.17) is 0 Å². The van der Waals surface area contributed by atoms with Crippen LogP contribution in [0, 0.1) is 0 Å². The Kier molecular flexibility index (Phi) is 3.63.